The number of carbonyl (C=O) groups excluding carboxylic acids is 2. The Morgan fingerprint density at radius 1 is 1.15 bits per heavy atom. The molecule has 0 radical (unpaired) electrons. The Bertz CT molecular complexity index is 978. The Morgan fingerprint density at radius 2 is 1.79 bits per heavy atom. The number of ether oxygens (including phenoxy) is 1. The fraction of sp³-hybridized carbons (Fsp3) is 0.480. The summed E-state index contributed by atoms with van der Waals surface area (Å²) in [4.78, 5) is 30.0. The first-order valence-corrected chi connectivity index (χ1v) is 12.0. The number of rotatable bonds is 7. The number of thioether (sulfide) groups is 1. The Kier molecular flexibility index (Phi) is 7.88. The van der Waals surface area contributed by atoms with Gasteiger partial charge in [0, 0.05) is 24.3 Å². The summed E-state index contributed by atoms with van der Waals surface area (Å²) < 4.78 is 43.8. The third-order valence-corrected chi connectivity index (χ3v) is 7.20. The summed E-state index contributed by atoms with van der Waals surface area (Å²) in [6.07, 6.45) is -2.62. The van der Waals surface area contributed by atoms with Gasteiger partial charge in [0.05, 0.1) is 10.6 Å². The minimum absolute atomic E-state index is 0.124. The summed E-state index contributed by atoms with van der Waals surface area (Å²) in [6, 6.07) is 6.37. The van der Waals surface area contributed by atoms with Crippen LogP contribution in [-0.2, 0) is 33.3 Å². The highest BCUT2D eigenvalue weighted by Crippen LogP contribution is 2.36. The van der Waals surface area contributed by atoms with Gasteiger partial charge in [0.1, 0.15) is 12.0 Å². The van der Waals surface area contributed by atoms with Crippen molar-refractivity contribution in [1.82, 2.24) is 4.98 Å². The molecular formula is C25H28F3NO3S. The zero-order valence-electron chi connectivity index (χ0n) is 19.2. The van der Waals surface area contributed by atoms with Gasteiger partial charge in [-0.05, 0) is 48.6 Å². The number of benzene rings is 1. The predicted molar refractivity (Wildman–Crippen MR) is 121 cm³/mol. The van der Waals surface area contributed by atoms with Crippen LogP contribution in [0.3, 0.4) is 0 Å². The van der Waals surface area contributed by atoms with E-state index in [1.165, 1.54) is 17.8 Å². The van der Waals surface area contributed by atoms with Gasteiger partial charge in [-0.2, -0.15) is 13.2 Å². The monoisotopic (exact) mass is 479 g/mol. The molecule has 33 heavy (non-hydrogen) atoms. The summed E-state index contributed by atoms with van der Waals surface area (Å²) in [5, 5.41) is 0.445. The molecule has 3 unspecified atom stereocenters. The zero-order valence-corrected chi connectivity index (χ0v) is 20.0. The molecule has 0 aliphatic carbocycles. The van der Waals surface area contributed by atoms with Crippen molar-refractivity contribution in [2.45, 2.75) is 70.2 Å². The highest BCUT2D eigenvalue weighted by Gasteiger charge is 2.41. The minimum atomic E-state index is -4.43. The molecule has 1 saturated heterocycles. The molecule has 3 atom stereocenters. The van der Waals surface area contributed by atoms with E-state index in [-0.39, 0.29) is 18.1 Å². The van der Waals surface area contributed by atoms with Crippen molar-refractivity contribution in [2.24, 2.45) is 5.92 Å². The lowest BCUT2D eigenvalue weighted by atomic mass is 9.80. The van der Waals surface area contributed by atoms with Crippen molar-refractivity contribution < 1.29 is 27.5 Å². The van der Waals surface area contributed by atoms with E-state index >= 15 is 0 Å². The van der Waals surface area contributed by atoms with Crippen LogP contribution in [0.1, 0.15) is 60.9 Å². The molecule has 1 aliphatic heterocycles. The third-order valence-electron chi connectivity index (χ3n) is 5.97. The number of pyridine rings is 1. The number of hydrogen-bond acceptors (Lipinski definition) is 5. The average Bonchev–Trinajstić information content (AvgIpc) is 2.76. The Hall–Kier alpha value is -2.35. The summed E-state index contributed by atoms with van der Waals surface area (Å²) in [7, 11) is 0. The number of esters is 1. The van der Waals surface area contributed by atoms with Gasteiger partial charge in [0.2, 0.25) is 0 Å². The molecule has 1 aromatic heterocycles. The normalized spacial score (nSPS) is 20.0. The number of alkyl halides is 3. The van der Waals surface area contributed by atoms with Gasteiger partial charge in [-0.25, -0.2) is 4.98 Å². The largest absolute Gasteiger partial charge is 0.461 e. The lowest BCUT2D eigenvalue weighted by Crippen LogP contribution is -2.41. The molecule has 0 saturated carbocycles. The quantitative estimate of drug-likeness (QED) is 0.280. The summed E-state index contributed by atoms with van der Waals surface area (Å²) in [6.45, 7) is 7.88. The lowest BCUT2D eigenvalue weighted by Gasteiger charge is -2.32. The van der Waals surface area contributed by atoms with E-state index in [9.17, 15) is 22.8 Å². The molecule has 0 spiro atoms. The number of cyclic esters (lactones) is 1. The number of hydrogen-bond donors (Lipinski definition) is 0. The van der Waals surface area contributed by atoms with Crippen molar-refractivity contribution in [3.05, 3.63) is 58.3 Å². The standard InChI is InChI=1S/C25H28F3NO3S/c1-5-16-9-14(3)10-17(6-2)22(16)23-19(30)11-20(32-24(23)31)15(4)13-33-21-8-7-18(12-29-21)25(26,27)28/h7-10,12,15,20,23H,5-6,11,13H2,1-4H3. The average molecular weight is 480 g/mol. The molecule has 2 aromatic rings. The molecule has 3 rings (SSSR count). The highest BCUT2D eigenvalue weighted by atomic mass is 32.2. The zero-order chi connectivity index (χ0) is 24.3. The predicted octanol–water partition coefficient (Wildman–Crippen LogP) is 5.93. The van der Waals surface area contributed by atoms with E-state index in [1.807, 2.05) is 39.8 Å². The Morgan fingerprint density at radius 3 is 2.27 bits per heavy atom. The molecule has 4 nitrogen and oxygen atoms in total. The number of halogens is 3. The van der Waals surface area contributed by atoms with Crippen LogP contribution in [0.2, 0.25) is 0 Å². The van der Waals surface area contributed by atoms with Gasteiger partial charge in [-0.15, -0.1) is 11.8 Å². The van der Waals surface area contributed by atoms with Crippen LogP contribution in [0.4, 0.5) is 13.2 Å². The summed E-state index contributed by atoms with van der Waals surface area (Å²) in [5.41, 5.74) is 3.08. The van der Waals surface area contributed by atoms with Crippen molar-refractivity contribution in [1.29, 1.82) is 0 Å². The molecular weight excluding hydrogens is 451 g/mol. The first kappa shape index (κ1) is 25.3. The first-order chi connectivity index (χ1) is 15.5. The van der Waals surface area contributed by atoms with Gasteiger partial charge in [-0.1, -0.05) is 38.5 Å². The van der Waals surface area contributed by atoms with E-state index in [0.717, 1.165) is 47.4 Å². The van der Waals surface area contributed by atoms with E-state index in [0.29, 0.717) is 10.8 Å². The van der Waals surface area contributed by atoms with Gasteiger partial charge < -0.3 is 4.74 Å². The van der Waals surface area contributed by atoms with Gasteiger partial charge in [-0.3, -0.25) is 9.59 Å². The second-order valence-electron chi connectivity index (χ2n) is 8.45. The van der Waals surface area contributed by atoms with Crippen LogP contribution in [0.25, 0.3) is 0 Å². The van der Waals surface area contributed by atoms with E-state index in [4.69, 9.17) is 4.74 Å². The Balaban J connectivity index is 1.69. The molecule has 1 aromatic carbocycles. The van der Waals surface area contributed by atoms with Gasteiger partial charge >= 0.3 is 12.1 Å². The van der Waals surface area contributed by atoms with Crippen LogP contribution < -0.4 is 0 Å². The topological polar surface area (TPSA) is 56.3 Å². The van der Waals surface area contributed by atoms with Crippen LogP contribution in [-0.4, -0.2) is 28.6 Å². The maximum absolute atomic E-state index is 13.1. The van der Waals surface area contributed by atoms with E-state index in [2.05, 4.69) is 4.98 Å². The number of Topliss-reactive ketones (excluding diaryl/α,β-unsaturated/α-hetero) is 1. The van der Waals surface area contributed by atoms with Crippen LogP contribution in [0.15, 0.2) is 35.5 Å². The molecule has 0 N–H and O–H groups in total. The number of nitrogens with zero attached hydrogens (tertiary/aromatic N) is 1. The SMILES string of the molecule is CCc1cc(C)cc(CC)c1C1C(=O)CC(C(C)CSc2ccc(C(F)(F)F)cn2)OC1=O. The third kappa shape index (κ3) is 5.78. The van der Waals surface area contributed by atoms with Crippen molar-refractivity contribution in [2.75, 3.05) is 5.75 Å². The molecule has 0 amide bonds. The van der Waals surface area contributed by atoms with E-state index in [1.54, 1.807) is 0 Å². The van der Waals surface area contributed by atoms with Crippen LogP contribution in [0.5, 0.6) is 0 Å². The minimum Gasteiger partial charge on any atom is -0.461 e. The fourth-order valence-corrected chi connectivity index (χ4v) is 5.11. The number of aromatic nitrogens is 1. The smallest absolute Gasteiger partial charge is 0.417 e. The van der Waals surface area contributed by atoms with E-state index < -0.39 is 29.7 Å². The second kappa shape index (κ2) is 10.3. The molecule has 1 fully saturated rings. The fourth-order valence-electron chi connectivity index (χ4n) is 4.17. The molecule has 0 bridgehead atoms. The lowest BCUT2D eigenvalue weighted by molar-refractivity contribution is -0.162. The van der Waals surface area contributed by atoms with Gasteiger partial charge in [0.25, 0.3) is 0 Å². The Labute approximate surface area is 196 Å². The summed E-state index contributed by atoms with van der Waals surface area (Å²) >= 11 is 1.27. The molecule has 1 aliphatic rings. The number of carbonyl (C=O) groups is 2. The molecule has 2 heterocycles. The number of ketones is 1. The van der Waals surface area contributed by atoms with Crippen molar-refractivity contribution in [3.63, 3.8) is 0 Å². The van der Waals surface area contributed by atoms with Crippen molar-refractivity contribution >= 4 is 23.5 Å². The first-order valence-electron chi connectivity index (χ1n) is 11.1. The maximum atomic E-state index is 13.1. The van der Waals surface area contributed by atoms with Gasteiger partial charge in [0.15, 0.2) is 5.78 Å². The summed E-state index contributed by atoms with van der Waals surface area (Å²) in [5.74, 6) is -1.27. The molecule has 178 valence electrons. The maximum Gasteiger partial charge on any atom is 0.417 e. The number of aryl methyl sites for hydroxylation is 3. The molecule has 8 heteroatoms. The highest BCUT2D eigenvalue weighted by molar-refractivity contribution is 7.99. The van der Waals surface area contributed by atoms with Crippen LogP contribution >= 0.6 is 11.8 Å². The second-order valence-corrected chi connectivity index (χ2v) is 9.49. The van der Waals surface area contributed by atoms with Crippen LogP contribution in [0, 0.1) is 12.8 Å². The van der Waals surface area contributed by atoms with Crippen molar-refractivity contribution in [3.8, 4) is 0 Å².